The number of nitrogens with zero attached hydrogens (tertiary/aromatic N) is 6. The Morgan fingerprint density at radius 2 is 2.08 bits per heavy atom. The van der Waals surface area contributed by atoms with Crippen molar-refractivity contribution in [1.29, 1.82) is 0 Å². The standard InChI is InChI=1S/C17H23N7O2/c1-25-10-3-5-22-6-8-23(9-7-22)14-12-15-19-16(13-4-2-11-26-13)21-24(15)17(18)20-14/h2,4,11-12H,3,5-10H2,1H3,(H2,18,20). The van der Waals surface area contributed by atoms with E-state index in [2.05, 4.69) is 24.9 Å². The van der Waals surface area contributed by atoms with Gasteiger partial charge in [0, 0.05) is 52.5 Å². The third-order valence-electron chi connectivity index (χ3n) is 4.60. The second kappa shape index (κ2) is 7.30. The third-order valence-corrected chi connectivity index (χ3v) is 4.60. The van der Waals surface area contributed by atoms with Crippen LogP contribution >= 0.6 is 0 Å². The van der Waals surface area contributed by atoms with Crippen LogP contribution in [-0.4, -0.2) is 70.9 Å². The van der Waals surface area contributed by atoms with Crippen molar-refractivity contribution in [3.05, 3.63) is 24.5 Å². The number of fused-ring (bicyclic) bond motifs is 1. The van der Waals surface area contributed by atoms with Crippen molar-refractivity contribution >= 4 is 17.4 Å². The molecule has 138 valence electrons. The van der Waals surface area contributed by atoms with Crippen LogP contribution in [0.2, 0.25) is 0 Å². The summed E-state index contributed by atoms with van der Waals surface area (Å²) in [5.74, 6) is 2.28. The van der Waals surface area contributed by atoms with Crippen LogP contribution in [0.5, 0.6) is 0 Å². The monoisotopic (exact) mass is 357 g/mol. The molecule has 1 fully saturated rings. The maximum absolute atomic E-state index is 6.11. The van der Waals surface area contributed by atoms with Crippen molar-refractivity contribution in [2.45, 2.75) is 6.42 Å². The Balaban J connectivity index is 1.49. The number of hydrogen-bond acceptors (Lipinski definition) is 8. The van der Waals surface area contributed by atoms with Crippen LogP contribution in [-0.2, 0) is 4.74 Å². The van der Waals surface area contributed by atoms with E-state index >= 15 is 0 Å². The zero-order chi connectivity index (χ0) is 17.9. The van der Waals surface area contributed by atoms with E-state index in [1.165, 1.54) is 0 Å². The third kappa shape index (κ3) is 3.35. The number of furan rings is 1. The molecule has 0 bridgehead atoms. The summed E-state index contributed by atoms with van der Waals surface area (Å²) >= 11 is 0. The van der Waals surface area contributed by atoms with Crippen molar-refractivity contribution in [3.63, 3.8) is 0 Å². The summed E-state index contributed by atoms with van der Waals surface area (Å²) in [5.41, 5.74) is 6.77. The van der Waals surface area contributed by atoms with Gasteiger partial charge in [-0.1, -0.05) is 0 Å². The lowest BCUT2D eigenvalue weighted by molar-refractivity contribution is 0.169. The first-order valence-corrected chi connectivity index (χ1v) is 8.78. The molecule has 1 aliphatic rings. The zero-order valence-electron chi connectivity index (χ0n) is 14.8. The summed E-state index contributed by atoms with van der Waals surface area (Å²) in [6.45, 7) is 5.69. The van der Waals surface area contributed by atoms with Gasteiger partial charge in [0.25, 0.3) is 0 Å². The van der Waals surface area contributed by atoms with Gasteiger partial charge in [0.05, 0.1) is 6.26 Å². The van der Waals surface area contributed by atoms with E-state index < -0.39 is 0 Å². The van der Waals surface area contributed by atoms with E-state index in [1.807, 2.05) is 12.1 Å². The summed E-state index contributed by atoms with van der Waals surface area (Å²) in [5, 5.41) is 4.38. The molecule has 0 saturated carbocycles. The van der Waals surface area contributed by atoms with E-state index in [-0.39, 0.29) is 0 Å². The van der Waals surface area contributed by atoms with Crippen LogP contribution in [0, 0.1) is 0 Å². The second-order valence-corrected chi connectivity index (χ2v) is 6.33. The molecule has 1 aliphatic heterocycles. The molecule has 0 spiro atoms. The maximum Gasteiger partial charge on any atom is 0.225 e. The number of nitrogen functional groups attached to an aromatic ring is 1. The molecular formula is C17H23N7O2. The number of rotatable bonds is 6. The van der Waals surface area contributed by atoms with Crippen molar-refractivity contribution in [2.24, 2.45) is 0 Å². The second-order valence-electron chi connectivity index (χ2n) is 6.33. The van der Waals surface area contributed by atoms with E-state index in [0.717, 1.165) is 51.6 Å². The Labute approximate surface area is 151 Å². The van der Waals surface area contributed by atoms with Gasteiger partial charge in [-0.15, -0.1) is 5.10 Å². The fourth-order valence-corrected chi connectivity index (χ4v) is 3.20. The lowest BCUT2D eigenvalue weighted by Gasteiger charge is -2.35. The van der Waals surface area contributed by atoms with Crippen molar-refractivity contribution in [1.82, 2.24) is 24.5 Å². The number of aromatic nitrogens is 4. The number of hydrogen-bond donors (Lipinski definition) is 1. The van der Waals surface area contributed by atoms with Crippen LogP contribution in [0.3, 0.4) is 0 Å². The topological polar surface area (TPSA) is 98.0 Å². The molecule has 9 heteroatoms. The van der Waals surface area contributed by atoms with Gasteiger partial charge in [-0.05, 0) is 18.6 Å². The van der Waals surface area contributed by atoms with Gasteiger partial charge in [-0.25, -0.2) is 4.98 Å². The minimum Gasteiger partial charge on any atom is -0.461 e. The Morgan fingerprint density at radius 3 is 2.81 bits per heavy atom. The zero-order valence-corrected chi connectivity index (χ0v) is 14.8. The first-order valence-electron chi connectivity index (χ1n) is 8.78. The van der Waals surface area contributed by atoms with Crippen LogP contribution in [0.1, 0.15) is 6.42 Å². The highest BCUT2D eigenvalue weighted by Gasteiger charge is 2.20. The van der Waals surface area contributed by atoms with Crippen LogP contribution in [0.25, 0.3) is 17.2 Å². The molecule has 26 heavy (non-hydrogen) atoms. The molecule has 0 aromatic carbocycles. The lowest BCUT2D eigenvalue weighted by atomic mass is 10.3. The van der Waals surface area contributed by atoms with Crippen LogP contribution < -0.4 is 10.6 Å². The fraction of sp³-hybridized carbons (Fsp3) is 0.471. The van der Waals surface area contributed by atoms with Crippen molar-refractivity contribution in [2.75, 3.05) is 57.1 Å². The smallest absolute Gasteiger partial charge is 0.225 e. The summed E-state index contributed by atoms with van der Waals surface area (Å²) < 4.78 is 12.0. The first-order chi connectivity index (χ1) is 12.7. The van der Waals surface area contributed by atoms with E-state index in [4.69, 9.17) is 14.9 Å². The van der Waals surface area contributed by atoms with Crippen LogP contribution in [0.4, 0.5) is 11.8 Å². The minimum atomic E-state index is 0.324. The Hall–Kier alpha value is -2.65. The van der Waals surface area contributed by atoms with Crippen molar-refractivity contribution in [3.8, 4) is 11.6 Å². The molecule has 4 heterocycles. The number of nitrogens with two attached hydrogens (primary N) is 1. The Morgan fingerprint density at radius 1 is 1.23 bits per heavy atom. The van der Waals surface area contributed by atoms with Gasteiger partial charge in [0.1, 0.15) is 5.82 Å². The highest BCUT2D eigenvalue weighted by atomic mass is 16.5. The molecule has 0 amide bonds. The predicted molar refractivity (Wildman–Crippen MR) is 98.0 cm³/mol. The average Bonchev–Trinajstić information content (AvgIpc) is 3.32. The summed E-state index contributed by atoms with van der Waals surface area (Å²) in [4.78, 5) is 13.7. The Kier molecular flexibility index (Phi) is 4.72. The van der Waals surface area contributed by atoms with Gasteiger partial charge in [-0.2, -0.15) is 9.50 Å². The fourth-order valence-electron chi connectivity index (χ4n) is 3.20. The minimum absolute atomic E-state index is 0.324. The van der Waals surface area contributed by atoms with Gasteiger partial charge >= 0.3 is 0 Å². The number of ether oxygens (including phenoxy) is 1. The molecule has 2 N–H and O–H groups in total. The van der Waals surface area contributed by atoms with Crippen LogP contribution in [0.15, 0.2) is 28.9 Å². The predicted octanol–water partition coefficient (Wildman–Crippen LogP) is 1.12. The molecule has 9 nitrogen and oxygen atoms in total. The molecule has 0 radical (unpaired) electrons. The van der Waals surface area contributed by atoms with Gasteiger partial charge in [0.2, 0.25) is 11.8 Å². The molecule has 0 atom stereocenters. The number of anilines is 2. The largest absolute Gasteiger partial charge is 0.461 e. The van der Waals surface area contributed by atoms with E-state index in [9.17, 15) is 0 Å². The molecule has 0 aliphatic carbocycles. The summed E-state index contributed by atoms with van der Waals surface area (Å²) in [6, 6.07) is 5.55. The summed E-state index contributed by atoms with van der Waals surface area (Å²) in [7, 11) is 1.74. The van der Waals surface area contributed by atoms with Gasteiger partial charge in [-0.3, -0.25) is 4.90 Å². The van der Waals surface area contributed by atoms with Gasteiger partial charge < -0.3 is 19.8 Å². The molecule has 1 saturated heterocycles. The van der Waals surface area contributed by atoms with Crippen molar-refractivity contribution < 1.29 is 9.15 Å². The molecule has 3 aromatic heterocycles. The van der Waals surface area contributed by atoms with Gasteiger partial charge in [0.15, 0.2) is 11.4 Å². The normalized spacial score (nSPS) is 15.8. The highest BCUT2D eigenvalue weighted by Crippen LogP contribution is 2.22. The summed E-state index contributed by atoms with van der Waals surface area (Å²) in [6.07, 6.45) is 2.66. The average molecular weight is 357 g/mol. The molecule has 3 aromatic rings. The van der Waals surface area contributed by atoms with E-state index in [0.29, 0.717) is 23.2 Å². The maximum atomic E-state index is 6.11. The first kappa shape index (κ1) is 16.8. The molecular weight excluding hydrogens is 334 g/mol. The highest BCUT2D eigenvalue weighted by molar-refractivity contribution is 5.59. The van der Waals surface area contributed by atoms with E-state index in [1.54, 1.807) is 24.0 Å². The quantitative estimate of drug-likeness (QED) is 0.656. The lowest BCUT2D eigenvalue weighted by Crippen LogP contribution is -2.47. The number of piperazine rings is 1. The molecule has 0 unspecified atom stereocenters. The Bertz CT molecular complexity index is 854. The molecule has 4 rings (SSSR count). The SMILES string of the molecule is COCCCN1CCN(c2cc3nc(-c4ccco4)nn3c(N)n2)CC1. The number of methoxy groups -OCH3 is 1.